The Morgan fingerprint density at radius 1 is 0.868 bits per heavy atom. The molecule has 9 heteroatoms. The lowest BCUT2D eigenvalue weighted by molar-refractivity contribution is 0.240. The molecule has 0 aliphatic heterocycles. The number of nitrogens with one attached hydrogen (secondary N) is 3. The molecule has 0 bridgehead atoms. The number of aromatic nitrogens is 3. The Balaban J connectivity index is 1.18. The van der Waals surface area contributed by atoms with E-state index in [0.717, 1.165) is 39.1 Å². The summed E-state index contributed by atoms with van der Waals surface area (Å²) in [6.07, 6.45) is 2.53. The summed E-state index contributed by atoms with van der Waals surface area (Å²) in [4.78, 5) is 16.9. The van der Waals surface area contributed by atoms with Crippen molar-refractivity contribution in [1.82, 2.24) is 25.2 Å². The summed E-state index contributed by atoms with van der Waals surface area (Å²) in [5.74, 6) is 0.800. The Bertz CT molecular complexity index is 1540. The van der Waals surface area contributed by atoms with Gasteiger partial charge in [-0.1, -0.05) is 84.4 Å². The highest BCUT2D eigenvalue weighted by Gasteiger charge is 2.13. The van der Waals surface area contributed by atoms with E-state index >= 15 is 0 Å². The highest BCUT2D eigenvalue weighted by atomic mass is 79.9. The maximum Gasteiger partial charge on any atom is 0.315 e. The van der Waals surface area contributed by atoms with Crippen molar-refractivity contribution >= 4 is 45.0 Å². The van der Waals surface area contributed by atoms with Gasteiger partial charge in [0.25, 0.3) is 0 Å². The second-order valence-electron chi connectivity index (χ2n) is 8.75. The summed E-state index contributed by atoms with van der Waals surface area (Å²) < 4.78 is 2.56. The van der Waals surface area contributed by atoms with Crippen molar-refractivity contribution in [2.75, 3.05) is 11.9 Å². The van der Waals surface area contributed by atoms with Crippen molar-refractivity contribution in [3.63, 3.8) is 0 Å². The number of fused-ring (bicyclic) bond motifs is 1. The number of halogens is 2. The number of benzene rings is 3. The molecule has 192 valence electrons. The van der Waals surface area contributed by atoms with E-state index in [0.29, 0.717) is 30.3 Å². The molecule has 38 heavy (non-hydrogen) atoms. The minimum Gasteiger partial charge on any atom is -0.366 e. The predicted octanol–water partition coefficient (Wildman–Crippen LogP) is 6.47. The molecule has 0 saturated carbocycles. The second-order valence-corrected chi connectivity index (χ2v) is 10.0. The topological polar surface area (TPSA) is 83.4 Å². The predicted molar refractivity (Wildman–Crippen MR) is 155 cm³/mol. The molecule has 5 aromatic rings. The van der Waals surface area contributed by atoms with Crippen LogP contribution in [0.25, 0.3) is 16.9 Å². The summed E-state index contributed by atoms with van der Waals surface area (Å²) in [6, 6.07) is 27.6. The number of hydrogen-bond acceptors (Lipinski definition) is 4. The Kier molecular flexibility index (Phi) is 8.21. The third-order valence-corrected chi connectivity index (χ3v) is 6.96. The van der Waals surface area contributed by atoms with Gasteiger partial charge < -0.3 is 16.0 Å². The van der Waals surface area contributed by atoms with Crippen molar-refractivity contribution < 1.29 is 4.79 Å². The summed E-state index contributed by atoms with van der Waals surface area (Å²) in [6.45, 7) is 1.64. The average molecular weight is 590 g/mol. The molecule has 2 aromatic heterocycles. The quantitative estimate of drug-likeness (QED) is 0.184. The van der Waals surface area contributed by atoms with Crippen LogP contribution in [0.5, 0.6) is 0 Å². The number of urea groups is 1. The normalized spacial score (nSPS) is 10.9. The fourth-order valence-corrected chi connectivity index (χ4v) is 4.63. The summed E-state index contributed by atoms with van der Waals surface area (Å²) in [5, 5.41) is 14.4. The first-order chi connectivity index (χ1) is 18.6. The first-order valence-electron chi connectivity index (χ1n) is 12.2. The van der Waals surface area contributed by atoms with E-state index in [4.69, 9.17) is 16.6 Å². The Hall–Kier alpha value is -3.88. The molecule has 0 unspecified atom stereocenters. The number of anilines is 1. The maximum atomic E-state index is 12.1. The van der Waals surface area contributed by atoms with E-state index in [-0.39, 0.29) is 6.03 Å². The van der Waals surface area contributed by atoms with Gasteiger partial charge in [-0.15, -0.1) is 0 Å². The molecule has 0 saturated heterocycles. The van der Waals surface area contributed by atoms with Crippen molar-refractivity contribution in [2.45, 2.75) is 19.5 Å². The van der Waals surface area contributed by atoms with Crippen LogP contribution in [-0.2, 0) is 19.5 Å². The van der Waals surface area contributed by atoms with Crippen molar-refractivity contribution in [2.24, 2.45) is 0 Å². The molecule has 0 aliphatic carbocycles. The largest absolute Gasteiger partial charge is 0.366 e. The third kappa shape index (κ3) is 6.33. The number of amides is 2. The van der Waals surface area contributed by atoms with Crippen molar-refractivity contribution in [1.29, 1.82) is 0 Å². The van der Waals surface area contributed by atoms with Crippen LogP contribution in [-0.4, -0.2) is 27.2 Å². The fourth-order valence-electron chi connectivity index (χ4n) is 4.05. The van der Waals surface area contributed by atoms with E-state index in [9.17, 15) is 4.79 Å². The van der Waals surface area contributed by atoms with Gasteiger partial charge in [-0.25, -0.2) is 9.78 Å². The lowest BCUT2D eigenvalue weighted by atomic mass is 10.1. The molecule has 2 amide bonds. The van der Waals surface area contributed by atoms with Crippen molar-refractivity contribution in [3.8, 4) is 11.3 Å². The minimum atomic E-state index is -0.173. The van der Waals surface area contributed by atoms with Crippen LogP contribution < -0.4 is 16.0 Å². The third-order valence-electron chi connectivity index (χ3n) is 6.07. The molecule has 0 atom stereocenters. The summed E-state index contributed by atoms with van der Waals surface area (Å²) in [5.41, 5.74) is 5.63. The van der Waals surface area contributed by atoms with Crippen LogP contribution >= 0.6 is 27.5 Å². The van der Waals surface area contributed by atoms with Gasteiger partial charge in [0.15, 0.2) is 5.65 Å². The highest BCUT2D eigenvalue weighted by molar-refractivity contribution is 9.10. The van der Waals surface area contributed by atoms with Gasteiger partial charge >= 0.3 is 6.03 Å². The molecule has 3 aromatic carbocycles. The molecule has 0 spiro atoms. The van der Waals surface area contributed by atoms with Gasteiger partial charge in [-0.05, 0) is 45.1 Å². The average Bonchev–Trinajstić information content (AvgIpc) is 3.32. The minimum absolute atomic E-state index is 0.173. The second kappa shape index (κ2) is 12.1. The van der Waals surface area contributed by atoms with Crippen LogP contribution in [0.2, 0.25) is 5.02 Å². The maximum absolute atomic E-state index is 12.1. The molecular weight excluding hydrogens is 564 g/mol. The van der Waals surface area contributed by atoms with E-state index in [1.807, 2.05) is 72.8 Å². The monoisotopic (exact) mass is 588 g/mol. The number of nitrogens with zero attached hydrogens (tertiary/aromatic N) is 3. The SMILES string of the molecule is O=C(NCCc1ccccc1)NCc1ccc(CNc2cc(-c3ccccc3Cl)nc3c(Br)cnn23)cc1. The number of rotatable bonds is 9. The molecule has 5 rings (SSSR count). The smallest absolute Gasteiger partial charge is 0.315 e. The Morgan fingerprint density at radius 3 is 2.34 bits per heavy atom. The van der Waals surface area contributed by atoms with Crippen LogP contribution in [0.4, 0.5) is 10.6 Å². The number of carbonyl (C=O) groups excluding carboxylic acids is 1. The molecule has 0 radical (unpaired) electrons. The Morgan fingerprint density at radius 2 is 1.58 bits per heavy atom. The van der Waals surface area contributed by atoms with E-state index in [1.54, 1.807) is 10.7 Å². The van der Waals surface area contributed by atoms with Gasteiger partial charge in [0, 0.05) is 36.3 Å². The van der Waals surface area contributed by atoms with Crippen LogP contribution in [0.3, 0.4) is 0 Å². The van der Waals surface area contributed by atoms with Gasteiger partial charge in [0.2, 0.25) is 0 Å². The standard InChI is InChI=1S/C29H26BrClN6O/c30-24-19-35-37-27(16-26(36-28(24)37)23-8-4-5-9-25(23)31)33-17-21-10-12-22(13-11-21)18-34-29(38)32-15-14-20-6-2-1-3-7-20/h1-13,16,19,33H,14-15,17-18H2,(H2,32,34,38). The Labute approximate surface area is 234 Å². The zero-order valence-corrected chi connectivity index (χ0v) is 22.8. The summed E-state index contributed by atoms with van der Waals surface area (Å²) in [7, 11) is 0. The molecule has 0 fully saturated rings. The van der Waals surface area contributed by atoms with E-state index < -0.39 is 0 Å². The first kappa shape index (κ1) is 25.8. The zero-order chi connectivity index (χ0) is 26.3. The lowest BCUT2D eigenvalue weighted by Crippen LogP contribution is -2.36. The van der Waals surface area contributed by atoms with E-state index in [1.165, 1.54) is 5.56 Å². The highest BCUT2D eigenvalue weighted by Crippen LogP contribution is 2.30. The molecule has 2 heterocycles. The van der Waals surface area contributed by atoms with Gasteiger partial charge in [0.1, 0.15) is 5.82 Å². The number of hydrogen-bond donors (Lipinski definition) is 3. The van der Waals surface area contributed by atoms with Gasteiger partial charge in [-0.2, -0.15) is 9.61 Å². The molecule has 7 nitrogen and oxygen atoms in total. The molecule has 3 N–H and O–H groups in total. The van der Waals surface area contributed by atoms with Crippen LogP contribution in [0.15, 0.2) is 95.6 Å². The first-order valence-corrected chi connectivity index (χ1v) is 13.4. The zero-order valence-electron chi connectivity index (χ0n) is 20.5. The van der Waals surface area contributed by atoms with Crippen LogP contribution in [0.1, 0.15) is 16.7 Å². The molecular formula is C29H26BrClN6O. The van der Waals surface area contributed by atoms with E-state index in [2.05, 4.69) is 49.1 Å². The molecule has 0 aliphatic rings. The van der Waals surface area contributed by atoms with Gasteiger partial charge in [0.05, 0.1) is 16.4 Å². The van der Waals surface area contributed by atoms with Crippen molar-refractivity contribution in [3.05, 3.63) is 117 Å². The lowest BCUT2D eigenvalue weighted by Gasteiger charge is -2.12. The van der Waals surface area contributed by atoms with Gasteiger partial charge in [-0.3, -0.25) is 0 Å². The number of carbonyl (C=O) groups is 1. The fraction of sp³-hybridized carbons (Fsp3) is 0.138. The summed E-state index contributed by atoms with van der Waals surface area (Å²) >= 11 is 9.97. The van der Waals surface area contributed by atoms with Crippen LogP contribution in [0, 0.1) is 0 Å².